The molecule has 0 saturated carbocycles. The van der Waals surface area contributed by atoms with E-state index in [-0.39, 0.29) is 0 Å². The molecule has 1 aromatic rings. The second-order valence-electron chi connectivity index (χ2n) is 2.17. The first-order chi connectivity index (χ1) is 5.22. The number of aromatic nitrogens is 1. The third kappa shape index (κ3) is 2.10. The molecule has 0 fully saturated rings. The van der Waals surface area contributed by atoms with Gasteiger partial charge in [-0.05, 0) is 19.1 Å². The van der Waals surface area contributed by atoms with Crippen LogP contribution < -0.4 is 0 Å². The molecule has 4 heteroatoms. The van der Waals surface area contributed by atoms with Crippen molar-refractivity contribution in [2.45, 2.75) is 12.2 Å². The van der Waals surface area contributed by atoms with E-state index in [0.29, 0.717) is 5.69 Å². The monoisotopic (exact) mass is 171 g/mol. The molecule has 2 unspecified atom stereocenters. The van der Waals surface area contributed by atoms with Crippen LogP contribution in [0.15, 0.2) is 24.4 Å². The maximum atomic E-state index is 10.6. The highest BCUT2D eigenvalue weighted by atomic mass is 32.2. The first kappa shape index (κ1) is 8.36. The SMILES string of the molecule is CC(c1ccccn1)S(=O)O. The molecule has 0 aromatic carbocycles. The van der Waals surface area contributed by atoms with Crippen LogP contribution in [0.5, 0.6) is 0 Å². The molecule has 1 N–H and O–H groups in total. The zero-order chi connectivity index (χ0) is 8.27. The largest absolute Gasteiger partial charge is 0.306 e. The van der Waals surface area contributed by atoms with Gasteiger partial charge >= 0.3 is 0 Å². The summed E-state index contributed by atoms with van der Waals surface area (Å²) < 4.78 is 19.3. The van der Waals surface area contributed by atoms with E-state index in [0.717, 1.165) is 0 Å². The second kappa shape index (κ2) is 3.59. The Hall–Kier alpha value is -0.740. The van der Waals surface area contributed by atoms with Crippen LogP contribution in [0.1, 0.15) is 17.9 Å². The van der Waals surface area contributed by atoms with Crippen molar-refractivity contribution >= 4 is 11.1 Å². The Morgan fingerprint density at radius 2 is 2.36 bits per heavy atom. The van der Waals surface area contributed by atoms with Gasteiger partial charge in [-0.25, -0.2) is 4.21 Å². The van der Waals surface area contributed by atoms with Gasteiger partial charge < -0.3 is 4.55 Å². The number of hydrogen-bond acceptors (Lipinski definition) is 2. The van der Waals surface area contributed by atoms with Crippen LogP contribution >= 0.6 is 0 Å². The molecule has 11 heavy (non-hydrogen) atoms. The second-order valence-corrected chi connectivity index (χ2v) is 3.43. The summed E-state index contributed by atoms with van der Waals surface area (Å²) in [5, 5.41) is -0.406. The Labute approximate surface area is 67.8 Å². The summed E-state index contributed by atoms with van der Waals surface area (Å²) >= 11 is -1.82. The van der Waals surface area contributed by atoms with E-state index in [1.807, 2.05) is 0 Å². The summed E-state index contributed by atoms with van der Waals surface area (Å²) in [5.41, 5.74) is 0.647. The van der Waals surface area contributed by atoms with E-state index >= 15 is 0 Å². The van der Waals surface area contributed by atoms with Gasteiger partial charge in [0.05, 0.1) is 10.9 Å². The van der Waals surface area contributed by atoms with Crippen LogP contribution in [0.25, 0.3) is 0 Å². The van der Waals surface area contributed by atoms with Crippen LogP contribution in [0.3, 0.4) is 0 Å². The third-order valence-electron chi connectivity index (χ3n) is 1.41. The normalized spacial score (nSPS) is 15.8. The zero-order valence-corrected chi connectivity index (χ0v) is 6.91. The first-order valence-corrected chi connectivity index (χ1v) is 4.39. The quantitative estimate of drug-likeness (QED) is 0.683. The molecule has 2 atom stereocenters. The van der Waals surface area contributed by atoms with Gasteiger partial charge in [0.25, 0.3) is 0 Å². The summed E-state index contributed by atoms with van der Waals surface area (Å²) in [4.78, 5) is 3.95. The average Bonchev–Trinajstić information content (AvgIpc) is 2.05. The van der Waals surface area contributed by atoms with Gasteiger partial charge in [-0.3, -0.25) is 4.98 Å². The maximum Gasteiger partial charge on any atom is 0.161 e. The molecule has 0 radical (unpaired) electrons. The van der Waals surface area contributed by atoms with Crippen LogP contribution in [0.2, 0.25) is 0 Å². The Balaban J connectivity index is 2.85. The molecule has 3 nitrogen and oxygen atoms in total. The molecule has 0 amide bonds. The molecule has 1 rings (SSSR count). The van der Waals surface area contributed by atoms with E-state index < -0.39 is 16.3 Å². The molecule has 0 saturated heterocycles. The highest BCUT2D eigenvalue weighted by molar-refractivity contribution is 7.79. The van der Waals surface area contributed by atoms with E-state index in [1.54, 1.807) is 31.3 Å². The van der Waals surface area contributed by atoms with Gasteiger partial charge in [0, 0.05) is 6.20 Å². The van der Waals surface area contributed by atoms with Crippen molar-refractivity contribution in [3.05, 3.63) is 30.1 Å². The van der Waals surface area contributed by atoms with E-state index in [4.69, 9.17) is 4.55 Å². The average molecular weight is 171 g/mol. The van der Waals surface area contributed by atoms with Gasteiger partial charge in [-0.15, -0.1) is 0 Å². The summed E-state index contributed by atoms with van der Waals surface area (Å²) in [6.45, 7) is 1.67. The van der Waals surface area contributed by atoms with Crippen LogP contribution in [0.4, 0.5) is 0 Å². The lowest BCUT2D eigenvalue weighted by Gasteiger charge is -2.03. The van der Waals surface area contributed by atoms with Crippen molar-refractivity contribution in [2.24, 2.45) is 0 Å². The van der Waals surface area contributed by atoms with Crippen LogP contribution in [-0.4, -0.2) is 13.7 Å². The van der Waals surface area contributed by atoms with Crippen LogP contribution in [-0.2, 0) is 11.1 Å². The van der Waals surface area contributed by atoms with Crippen molar-refractivity contribution in [1.82, 2.24) is 4.98 Å². The van der Waals surface area contributed by atoms with Gasteiger partial charge in [0.2, 0.25) is 0 Å². The van der Waals surface area contributed by atoms with Crippen molar-refractivity contribution < 1.29 is 8.76 Å². The molecule has 1 aromatic heterocycles. The molecule has 1 heterocycles. The van der Waals surface area contributed by atoms with Crippen molar-refractivity contribution in [3.63, 3.8) is 0 Å². The van der Waals surface area contributed by atoms with Crippen molar-refractivity contribution in [2.75, 3.05) is 0 Å². The molecular weight excluding hydrogens is 162 g/mol. The lowest BCUT2D eigenvalue weighted by atomic mass is 10.3. The minimum Gasteiger partial charge on any atom is -0.306 e. The van der Waals surface area contributed by atoms with Gasteiger partial charge in [-0.2, -0.15) is 0 Å². The molecule has 0 aliphatic heterocycles. The van der Waals surface area contributed by atoms with E-state index in [9.17, 15) is 4.21 Å². The smallest absolute Gasteiger partial charge is 0.161 e. The minimum atomic E-state index is -1.82. The lowest BCUT2D eigenvalue weighted by molar-refractivity contribution is 0.552. The Morgan fingerprint density at radius 3 is 2.82 bits per heavy atom. The fraction of sp³-hybridized carbons (Fsp3) is 0.286. The standard InChI is InChI=1S/C7H9NO2S/c1-6(11(9)10)7-4-2-3-5-8-7/h2-6H,1H3,(H,9,10). The van der Waals surface area contributed by atoms with E-state index in [2.05, 4.69) is 4.98 Å². The minimum absolute atomic E-state index is 0.406. The lowest BCUT2D eigenvalue weighted by Crippen LogP contribution is -2.02. The molecule has 0 aliphatic rings. The molecule has 0 aliphatic carbocycles. The predicted octanol–water partition coefficient (Wildman–Crippen LogP) is 1.36. The molecule has 60 valence electrons. The predicted molar refractivity (Wildman–Crippen MR) is 43.4 cm³/mol. The Bertz CT molecular complexity index is 250. The molecular formula is C7H9NO2S. The topological polar surface area (TPSA) is 50.2 Å². The molecule has 0 spiro atoms. The van der Waals surface area contributed by atoms with Gasteiger partial charge in [0.15, 0.2) is 11.1 Å². The first-order valence-electron chi connectivity index (χ1n) is 3.22. The summed E-state index contributed by atoms with van der Waals surface area (Å²) in [6.07, 6.45) is 1.61. The number of pyridine rings is 1. The zero-order valence-electron chi connectivity index (χ0n) is 6.10. The fourth-order valence-electron chi connectivity index (χ4n) is 0.720. The highest BCUT2D eigenvalue weighted by Gasteiger charge is 2.10. The summed E-state index contributed by atoms with van der Waals surface area (Å²) in [5.74, 6) is 0. The van der Waals surface area contributed by atoms with Crippen molar-refractivity contribution in [3.8, 4) is 0 Å². The van der Waals surface area contributed by atoms with Crippen molar-refractivity contribution in [1.29, 1.82) is 0 Å². The highest BCUT2D eigenvalue weighted by Crippen LogP contribution is 2.13. The Kier molecular flexibility index (Phi) is 2.73. The number of nitrogens with zero attached hydrogens (tertiary/aromatic N) is 1. The van der Waals surface area contributed by atoms with Gasteiger partial charge in [0.1, 0.15) is 0 Å². The maximum absolute atomic E-state index is 10.6. The summed E-state index contributed by atoms with van der Waals surface area (Å²) in [7, 11) is 0. The molecule has 0 bridgehead atoms. The van der Waals surface area contributed by atoms with E-state index in [1.165, 1.54) is 0 Å². The number of hydrogen-bond donors (Lipinski definition) is 1. The Morgan fingerprint density at radius 1 is 1.64 bits per heavy atom. The fourth-order valence-corrected chi connectivity index (χ4v) is 1.07. The number of rotatable bonds is 2. The summed E-state index contributed by atoms with van der Waals surface area (Å²) in [6, 6.07) is 5.31. The third-order valence-corrected chi connectivity index (χ3v) is 2.25. The van der Waals surface area contributed by atoms with Gasteiger partial charge in [-0.1, -0.05) is 6.07 Å². The van der Waals surface area contributed by atoms with Crippen LogP contribution in [0, 0.1) is 0 Å².